The largest absolute Gasteiger partial charge is 0.340 e. The lowest BCUT2D eigenvalue weighted by atomic mass is 10.2. The van der Waals surface area contributed by atoms with Crippen LogP contribution in [0.25, 0.3) is 0 Å². The van der Waals surface area contributed by atoms with Crippen molar-refractivity contribution >= 4 is 16.1 Å². The van der Waals surface area contributed by atoms with E-state index in [1.807, 2.05) is 0 Å². The molecular weight excluding hydrogens is 220 g/mol. The molecular formula is C9H10O5S. The van der Waals surface area contributed by atoms with Crippen molar-refractivity contribution in [3.63, 3.8) is 0 Å². The van der Waals surface area contributed by atoms with Gasteiger partial charge < -0.3 is 0 Å². The molecule has 0 radical (unpaired) electrons. The van der Waals surface area contributed by atoms with Crippen LogP contribution in [0.1, 0.15) is 12.5 Å². The molecule has 0 heterocycles. The fourth-order valence-electron chi connectivity index (χ4n) is 0.902. The molecule has 0 aliphatic heterocycles. The second-order valence-corrected chi connectivity index (χ2v) is 4.37. The van der Waals surface area contributed by atoms with Gasteiger partial charge in [-0.1, -0.05) is 34.7 Å². The smallest absolute Gasteiger partial charge is 0.282 e. The van der Waals surface area contributed by atoms with Crippen molar-refractivity contribution in [1.29, 1.82) is 0 Å². The van der Waals surface area contributed by atoms with Crippen LogP contribution in [0.3, 0.4) is 0 Å². The topological polar surface area (TPSA) is 69.7 Å². The quantitative estimate of drug-likeness (QED) is 0.570. The average Bonchev–Trinajstić information content (AvgIpc) is 2.16. The molecule has 0 fully saturated rings. The summed E-state index contributed by atoms with van der Waals surface area (Å²) < 4.78 is 26.4. The van der Waals surface area contributed by atoms with E-state index in [4.69, 9.17) is 0 Å². The molecule has 0 aliphatic rings. The van der Waals surface area contributed by atoms with Crippen LogP contribution in [0.2, 0.25) is 0 Å². The van der Waals surface area contributed by atoms with E-state index in [0.717, 1.165) is 6.92 Å². The molecule has 1 aromatic carbocycles. The molecule has 0 bridgehead atoms. The average molecular weight is 230 g/mol. The van der Waals surface area contributed by atoms with Gasteiger partial charge in [0.25, 0.3) is 0 Å². The lowest BCUT2D eigenvalue weighted by molar-refractivity contribution is -0.208. The van der Waals surface area contributed by atoms with Gasteiger partial charge >= 0.3 is 16.1 Å². The third-order valence-electron chi connectivity index (χ3n) is 1.44. The van der Waals surface area contributed by atoms with Crippen molar-refractivity contribution in [3.8, 4) is 0 Å². The number of hydrogen-bond donors (Lipinski definition) is 0. The minimum atomic E-state index is -3.87. The zero-order chi connectivity index (χ0) is 11.3. The molecule has 5 nitrogen and oxygen atoms in total. The molecule has 1 aromatic rings. The van der Waals surface area contributed by atoms with Gasteiger partial charge in [-0.15, -0.1) is 0 Å². The van der Waals surface area contributed by atoms with Gasteiger partial charge in [0.05, 0.1) is 0 Å². The highest BCUT2D eigenvalue weighted by Crippen LogP contribution is 2.07. The molecule has 0 saturated heterocycles. The van der Waals surface area contributed by atoms with Crippen LogP contribution in [0, 0.1) is 0 Å². The highest BCUT2D eigenvalue weighted by molar-refractivity contribution is 7.85. The molecule has 15 heavy (non-hydrogen) atoms. The summed E-state index contributed by atoms with van der Waals surface area (Å²) in [5, 5.41) is 0. The van der Waals surface area contributed by atoms with Crippen LogP contribution in [0.4, 0.5) is 0 Å². The highest BCUT2D eigenvalue weighted by Gasteiger charge is 2.15. The zero-order valence-corrected chi connectivity index (χ0v) is 8.86. The highest BCUT2D eigenvalue weighted by atomic mass is 32.2. The molecule has 0 aliphatic carbocycles. The van der Waals surface area contributed by atoms with Gasteiger partial charge in [-0.3, -0.25) is 4.89 Å². The number of rotatable bonds is 4. The summed E-state index contributed by atoms with van der Waals surface area (Å²) in [5.41, 5.74) is 0.560. The second-order valence-electron chi connectivity index (χ2n) is 2.83. The minimum absolute atomic E-state index is 0.332. The predicted molar refractivity (Wildman–Crippen MR) is 51.9 cm³/mol. The molecule has 82 valence electrons. The predicted octanol–water partition coefficient (Wildman–Crippen LogP) is 1.01. The van der Waals surface area contributed by atoms with E-state index in [9.17, 15) is 13.2 Å². The lowest BCUT2D eigenvalue weighted by Gasteiger charge is -2.02. The Kier molecular flexibility index (Phi) is 3.81. The molecule has 1 rings (SSSR count). The molecule has 0 atom stereocenters. The Morgan fingerprint density at radius 2 is 1.87 bits per heavy atom. The van der Waals surface area contributed by atoms with Gasteiger partial charge in [0, 0.05) is 6.92 Å². The van der Waals surface area contributed by atoms with Crippen molar-refractivity contribution in [2.75, 3.05) is 0 Å². The Morgan fingerprint density at radius 1 is 1.27 bits per heavy atom. The summed E-state index contributed by atoms with van der Waals surface area (Å²) in [6.45, 7) is 1.05. The van der Waals surface area contributed by atoms with E-state index in [-0.39, 0.29) is 5.75 Å². The van der Waals surface area contributed by atoms with Crippen molar-refractivity contribution < 1.29 is 22.4 Å². The van der Waals surface area contributed by atoms with Crippen LogP contribution in [0.15, 0.2) is 30.3 Å². The van der Waals surface area contributed by atoms with E-state index in [0.29, 0.717) is 5.56 Å². The fourth-order valence-corrected chi connectivity index (χ4v) is 1.75. The first-order chi connectivity index (χ1) is 6.99. The van der Waals surface area contributed by atoms with Gasteiger partial charge in [0.1, 0.15) is 5.75 Å². The summed E-state index contributed by atoms with van der Waals surface area (Å²) in [5.74, 6) is -1.15. The third kappa shape index (κ3) is 4.57. The van der Waals surface area contributed by atoms with Crippen LogP contribution < -0.4 is 0 Å². The number of hydrogen-bond acceptors (Lipinski definition) is 5. The van der Waals surface area contributed by atoms with Gasteiger partial charge in [0.2, 0.25) is 0 Å². The van der Waals surface area contributed by atoms with Gasteiger partial charge in [0.15, 0.2) is 0 Å². The van der Waals surface area contributed by atoms with Crippen LogP contribution in [-0.2, 0) is 29.9 Å². The van der Waals surface area contributed by atoms with Gasteiger partial charge in [-0.2, -0.15) is 8.42 Å². The first-order valence-electron chi connectivity index (χ1n) is 4.13. The van der Waals surface area contributed by atoms with Crippen molar-refractivity contribution in [1.82, 2.24) is 0 Å². The SMILES string of the molecule is CC(=O)OOS(=O)(=O)Cc1ccccc1. The first kappa shape index (κ1) is 11.7. The van der Waals surface area contributed by atoms with E-state index >= 15 is 0 Å². The maximum atomic E-state index is 11.2. The van der Waals surface area contributed by atoms with E-state index in [2.05, 4.69) is 9.22 Å². The van der Waals surface area contributed by atoms with Crippen molar-refractivity contribution in [3.05, 3.63) is 35.9 Å². The van der Waals surface area contributed by atoms with Crippen LogP contribution >= 0.6 is 0 Å². The summed E-state index contributed by atoms with van der Waals surface area (Å²) in [4.78, 5) is 14.3. The summed E-state index contributed by atoms with van der Waals surface area (Å²) in [6.07, 6.45) is 0. The van der Waals surface area contributed by atoms with Crippen LogP contribution in [0.5, 0.6) is 0 Å². The van der Waals surface area contributed by atoms with E-state index < -0.39 is 16.1 Å². The second kappa shape index (κ2) is 4.90. The standard InChI is InChI=1S/C9H10O5S/c1-8(10)13-14-15(11,12)7-9-5-3-2-4-6-9/h2-6H,7H2,1H3. The normalized spacial score (nSPS) is 11.0. The summed E-state index contributed by atoms with van der Waals surface area (Å²) in [7, 11) is -3.87. The Bertz CT molecular complexity index is 423. The van der Waals surface area contributed by atoms with Crippen LogP contribution in [-0.4, -0.2) is 14.4 Å². The van der Waals surface area contributed by atoms with Gasteiger partial charge in [-0.05, 0) is 5.56 Å². The number of carbonyl (C=O) groups excluding carboxylic acids is 1. The Morgan fingerprint density at radius 3 is 2.40 bits per heavy atom. The minimum Gasteiger partial charge on any atom is -0.282 e. The monoisotopic (exact) mass is 230 g/mol. The van der Waals surface area contributed by atoms with Gasteiger partial charge in [-0.25, -0.2) is 4.79 Å². The zero-order valence-electron chi connectivity index (χ0n) is 8.04. The summed E-state index contributed by atoms with van der Waals surface area (Å²) >= 11 is 0. The first-order valence-corrected chi connectivity index (χ1v) is 5.71. The van der Waals surface area contributed by atoms with E-state index in [1.54, 1.807) is 30.3 Å². The Balaban J connectivity index is 2.61. The molecule has 6 heteroatoms. The van der Waals surface area contributed by atoms with Crippen molar-refractivity contribution in [2.24, 2.45) is 0 Å². The Hall–Kier alpha value is -1.40. The Labute approximate surface area is 87.7 Å². The van der Waals surface area contributed by atoms with E-state index in [1.165, 1.54) is 0 Å². The maximum Gasteiger partial charge on any atom is 0.340 e. The van der Waals surface area contributed by atoms with Crippen molar-refractivity contribution in [2.45, 2.75) is 12.7 Å². The number of benzene rings is 1. The molecule has 0 aromatic heterocycles. The third-order valence-corrected chi connectivity index (χ3v) is 2.40. The molecule has 0 N–H and O–H groups in total. The fraction of sp³-hybridized carbons (Fsp3) is 0.222. The number of carbonyl (C=O) groups is 1. The molecule has 0 spiro atoms. The lowest BCUT2D eigenvalue weighted by Crippen LogP contribution is -2.11. The molecule has 0 amide bonds. The molecule has 0 saturated carbocycles. The molecule has 0 unspecified atom stereocenters. The maximum absolute atomic E-state index is 11.2. The summed E-state index contributed by atoms with van der Waals surface area (Å²) in [6, 6.07) is 8.44.